The van der Waals surface area contributed by atoms with Crippen LogP contribution in [0.2, 0.25) is 0 Å². The molecule has 0 N–H and O–H groups in total. The fourth-order valence-electron chi connectivity index (χ4n) is 3.24. The highest BCUT2D eigenvalue weighted by atomic mass is 32.1. The summed E-state index contributed by atoms with van der Waals surface area (Å²) in [6.45, 7) is 1.81. The molecule has 2 aromatic heterocycles. The van der Waals surface area contributed by atoms with Crippen LogP contribution in [0.1, 0.15) is 21.5 Å². The molecule has 156 valence electrons. The number of aromatic nitrogens is 2. The van der Waals surface area contributed by atoms with Crippen molar-refractivity contribution >= 4 is 38.3 Å². The summed E-state index contributed by atoms with van der Waals surface area (Å²) in [7, 11) is 1.58. The number of methoxy groups -OCH3 is 1. The zero-order chi connectivity index (χ0) is 22.0. The third kappa shape index (κ3) is 4.08. The van der Waals surface area contributed by atoms with Gasteiger partial charge in [0.25, 0.3) is 11.6 Å². The van der Waals surface area contributed by atoms with E-state index in [1.165, 1.54) is 28.4 Å². The van der Waals surface area contributed by atoms with Crippen LogP contribution >= 0.6 is 11.3 Å². The number of fused-ring (bicyclic) bond motifs is 1. The molecule has 0 aliphatic heterocycles. The Bertz CT molecular complexity index is 1270. The molecular formula is C22H18N4O4S. The quantitative estimate of drug-likeness (QED) is 0.320. The zero-order valence-corrected chi connectivity index (χ0v) is 17.6. The Morgan fingerprint density at radius 1 is 1.23 bits per heavy atom. The summed E-state index contributed by atoms with van der Waals surface area (Å²) >= 11 is 1.37. The predicted molar refractivity (Wildman–Crippen MR) is 119 cm³/mol. The maximum atomic E-state index is 13.6. The van der Waals surface area contributed by atoms with Crippen molar-refractivity contribution in [1.82, 2.24) is 9.97 Å². The number of hydrogen-bond acceptors (Lipinski definition) is 7. The van der Waals surface area contributed by atoms with Crippen molar-refractivity contribution in [3.05, 3.63) is 87.7 Å². The van der Waals surface area contributed by atoms with E-state index in [-0.39, 0.29) is 23.7 Å². The van der Waals surface area contributed by atoms with Crippen LogP contribution in [0.3, 0.4) is 0 Å². The van der Waals surface area contributed by atoms with E-state index in [1.807, 2.05) is 18.2 Å². The summed E-state index contributed by atoms with van der Waals surface area (Å²) in [5.74, 6) is 0.306. The number of amides is 1. The standard InChI is InChI=1S/C22H18N4O4S/c1-14-17(6-3-7-19(14)26(28)29)21(27)25(13-15-5-4-10-23-12-15)22-24-18-11-16(30-2)8-9-20(18)31-22/h3-12H,13H2,1-2H3. The highest BCUT2D eigenvalue weighted by Crippen LogP contribution is 2.33. The van der Waals surface area contributed by atoms with Crippen LogP contribution in [0, 0.1) is 17.0 Å². The zero-order valence-electron chi connectivity index (χ0n) is 16.8. The molecule has 4 aromatic rings. The summed E-state index contributed by atoms with van der Waals surface area (Å²) in [6, 6.07) is 13.7. The van der Waals surface area contributed by atoms with Gasteiger partial charge in [-0.3, -0.25) is 24.8 Å². The predicted octanol–water partition coefficient (Wildman–Crippen LogP) is 4.76. The van der Waals surface area contributed by atoms with E-state index in [0.29, 0.717) is 22.0 Å². The number of carbonyl (C=O) groups is 1. The van der Waals surface area contributed by atoms with Gasteiger partial charge in [0.15, 0.2) is 5.13 Å². The molecule has 31 heavy (non-hydrogen) atoms. The second-order valence-corrected chi connectivity index (χ2v) is 7.80. The number of carbonyl (C=O) groups excluding carboxylic acids is 1. The molecule has 2 aromatic carbocycles. The third-order valence-electron chi connectivity index (χ3n) is 4.86. The minimum atomic E-state index is -0.485. The van der Waals surface area contributed by atoms with Gasteiger partial charge in [-0.25, -0.2) is 4.98 Å². The van der Waals surface area contributed by atoms with Gasteiger partial charge in [0.05, 0.1) is 28.8 Å². The number of nitro benzene ring substituents is 1. The first-order chi connectivity index (χ1) is 15.0. The van der Waals surface area contributed by atoms with E-state index < -0.39 is 4.92 Å². The summed E-state index contributed by atoms with van der Waals surface area (Å²) in [6.07, 6.45) is 3.33. The van der Waals surface area contributed by atoms with E-state index in [1.54, 1.807) is 44.6 Å². The van der Waals surface area contributed by atoms with Crippen molar-refractivity contribution in [3.8, 4) is 5.75 Å². The van der Waals surface area contributed by atoms with Crippen molar-refractivity contribution in [2.75, 3.05) is 12.0 Å². The average molecular weight is 434 g/mol. The minimum Gasteiger partial charge on any atom is -0.497 e. The summed E-state index contributed by atoms with van der Waals surface area (Å²) in [5, 5.41) is 11.8. The Morgan fingerprint density at radius 2 is 2.06 bits per heavy atom. The Morgan fingerprint density at radius 3 is 2.77 bits per heavy atom. The molecule has 4 rings (SSSR count). The molecule has 8 nitrogen and oxygen atoms in total. The van der Waals surface area contributed by atoms with Gasteiger partial charge >= 0.3 is 0 Å². The molecule has 0 atom stereocenters. The monoisotopic (exact) mass is 434 g/mol. The number of nitro groups is 1. The third-order valence-corrected chi connectivity index (χ3v) is 5.91. The summed E-state index contributed by atoms with van der Waals surface area (Å²) in [4.78, 5) is 34.7. The number of pyridine rings is 1. The van der Waals surface area contributed by atoms with E-state index in [2.05, 4.69) is 9.97 Å². The molecule has 0 bridgehead atoms. The van der Waals surface area contributed by atoms with E-state index in [4.69, 9.17) is 4.74 Å². The van der Waals surface area contributed by atoms with Gasteiger partial charge in [-0.05, 0) is 36.8 Å². The topological polar surface area (TPSA) is 98.5 Å². The number of thiazole rings is 1. The van der Waals surface area contributed by atoms with E-state index >= 15 is 0 Å². The number of anilines is 1. The first kappa shape index (κ1) is 20.4. The number of rotatable bonds is 6. The minimum absolute atomic E-state index is 0.0961. The van der Waals surface area contributed by atoms with Crippen molar-refractivity contribution < 1.29 is 14.5 Å². The van der Waals surface area contributed by atoms with Gasteiger partial charge < -0.3 is 4.74 Å². The van der Waals surface area contributed by atoms with Crippen LogP contribution in [-0.2, 0) is 6.54 Å². The van der Waals surface area contributed by atoms with Gasteiger partial charge in [-0.1, -0.05) is 23.5 Å². The van der Waals surface area contributed by atoms with Gasteiger partial charge in [-0.15, -0.1) is 0 Å². The molecule has 0 spiro atoms. The fourth-order valence-corrected chi connectivity index (χ4v) is 4.18. The summed E-state index contributed by atoms with van der Waals surface area (Å²) < 4.78 is 6.17. The average Bonchev–Trinajstić information content (AvgIpc) is 3.20. The van der Waals surface area contributed by atoms with Gasteiger partial charge in [-0.2, -0.15) is 0 Å². The maximum Gasteiger partial charge on any atom is 0.273 e. The molecule has 2 heterocycles. The van der Waals surface area contributed by atoms with Gasteiger partial charge in [0, 0.05) is 35.7 Å². The lowest BCUT2D eigenvalue weighted by Gasteiger charge is -2.21. The van der Waals surface area contributed by atoms with Gasteiger partial charge in [0.2, 0.25) is 0 Å². The molecule has 0 saturated heterocycles. The second kappa shape index (κ2) is 8.49. The number of nitrogens with zero attached hydrogens (tertiary/aromatic N) is 4. The highest BCUT2D eigenvalue weighted by Gasteiger charge is 2.26. The van der Waals surface area contributed by atoms with Gasteiger partial charge in [0.1, 0.15) is 5.75 Å². The van der Waals surface area contributed by atoms with Crippen LogP contribution in [0.25, 0.3) is 10.2 Å². The number of ether oxygens (including phenoxy) is 1. The summed E-state index contributed by atoms with van der Waals surface area (Å²) in [5.41, 5.74) is 2.00. The Balaban J connectivity index is 1.81. The molecule has 0 unspecified atom stereocenters. The lowest BCUT2D eigenvalue weighted by molar-refractivity contribution is -0.385. The molecule has 9 heteroatoms. The maximum absolute atomic E-state index is 13.6. The van der Waals surface area contributed by atoms with Crippen LogP contribution in [0.5, 0.6) is 5.75 Å². The van der Waals surface area contributed by atoms with Crippen molar-refractivity contribution in [2.45, 2.75) is 13.5 Å². The fraction of sp³-hybridized carbons (Fsp3) is 0.136. The first-order valence-electron chi connectivity index (χ1n) is 9.37. The van der Waals surface area contributed by atoms with E-state index in [0.717, 1.165) is 10.3 Å². The molecule has 0 radical (unpaired) electrons. The Labute approximate surface area is 181 Å². The highest BCUT2D eigenvalue weighted by molar-refractivity contribution is 7.22. The molecule has 0 fully saturated rings. The van der Waals surface area contributed by atoms with Crippen molar-refractivity contribution in [3.63, 3.8) is 0 Å². The van der Waals surface area contributed by atoms with Crippen LogP contribution in [-0.4, -0.2) is 27.9 Å². The second-order valence-electron chi connectivity index (χ2n) is 6.79. The molecular weight excluding hydrogens is 416 g/mol. The molecule has 0 aliphatic carbocycles. The largest absolute Gasteiger partial charge is 0.497 e. The number of hydrogen-bond donors (Lipinski definition) is 0. The molecule has 0 aliphatic rings. The Kier molecular flexibility index (Phi) is 5.59. The smallest absolute Gasteiger partial charge is 0.273 e. The Hall–Kier alpha value is -3.85. The lowest BCUT2D eigenvalue weighted by Crippen LogP contribution is -2.31. The van der Waals surface area contributed by atoms with Crippen molar-refractivity contribution in [2.24, 2.45) is 0 Å². The van der Waals surface area contributed by atoms with Crippen LogP contribution in [0.4, 0.5) is 10.8 Å². The van der Waals surface area contributed by atoms with Crippen LogP contribution < -0.4 is 9.64 Å². The number of benzene rings is 2. The SMILES string of the molecule is COc1ccc2sc(N(Cc3cccnc3)C(=O)c3cccc([N+](=O)[O-])c3C)nc2c1. The van der Waals surface area contributed by atoms with E-state index in [9.17, 15) is 14.9 Å². The van der Waals surface area contributed by atoms with Crippen LogP contribution in [0.15, 0.2) is 60.9 Å². The normalized spacial score (nSPS) is 10.8. The lowest BCUT2D eigenvalue weighted by atomic mass is 10.1. The molecule has 0 saturated carbocycles. The van der Waals surface area contributed by atoms with Crippen molar-refractivity contribution in [1.29, 1.82) is 0 Å². The molecule has 1 amide bonds. The first-order valence-corrected chi connectivity index (χ1v) is 10.2.